The van der Waals surface area contributed by atoms with Crippen LogP contribution >= 0.6 is 0 Å². The van der Waals surface area contributed by atoms with Gasteiger partial charge in [-0.1, -0.05) is 13.8 Å². The number of methoxy groups -OCH3 is 1. The average Bonchev–Trinajstić information content (AvgIpc) is 3.08. The normalized spacial score (nSPS) is 22.3. The lowest BCUT2D eigenvalue weighted by Gasteiger charge is -2.32. The molecular formula is C18H26N4O4. The maximum atomic E-state index is 11.6. The molecule has 2 heterocycles. The quantitative estimate of drug-likeness (QED) is 0.593. The summed E-state index contributed by atoms with van der Waals surface area (Å²) in [5.41, 5.74) is 5.07. The van der Waals surface area contributed by atoms with Crippen LogP contribution in [0.15, 0.2) is 17.2 Å². The smallest absolute Gasteiger partial charge is 0.315 e. The number of piperidine rings is 1. The van der Waals surface area contributed by atoms with Crippen LogP contribution < -0.4 is 14.9 Å². The summed E-state index contributed by atoms with van der Waals surface area (Å²) in [4.78, 5) is 13.6. The van der Waals surface area contributed by atoms with Crippen LogP contribution in [0.3, 0.4) is 0 Å². The Morgan fingerprint density at radius 1 is 1.42 bits per heavy atom. The Kier molecular flexibility index (Phi) is 5.61. The molecule has 2 unspecified atom stereocenters. The van der Waals surface area contributed by atoms with Crippen molar-refractivity contribution in [3.63, 3.8) is 0 Å². The van der Waals surface area contributed by atoms with Gasteiger partial charge in [0.1, 0.15) is 0 Å². The molecule has 2 aliphatic heterocycles. The zero-order chi connectivity index (χ0) is 18.7. The van der Waals surface area contributed by atoms with E-state index in [1.165, 1.54) is 7.11 Å². The predicted octanol–water partition coefficient (Wildman–Crippen LogP) is 2.73. The third-order valence-electron chi connectivity index (χ3n) is 5.05. The van der Waals surface area contributed by atoms with E-state index in [1.807, 2.05) is 13.0 Å². The van der Waals surface area contributed by atoms with Gasteiger partial charge >= 0.3 is 5.69 Å². The summed E-state index contributed by atoms with van der Waals surface area (Å²) in [5.74, 6) is 0.803. The van der Waals surface area contributed by atoms with Gasteiger partial charge in [-0.2, -0.15) is 5.10 Å². The van der Waals surface area contributed by atoms with E-state index in [1.54, 1.807) is 6.07 Å². The summed E-state index contributed by atoms with van der Waals surface area (Å²) in [7, 11) is 1.51. The van der Waals surface area contributed by atoms with E-state index in [2.05, 4.69) is 22.4 Å². The molecule has 1 N–H and O–H groups in total. The van der Waals surface area contributed by atoms with Gasteiger partial charge in [-0.3, -0.25) is 10.1 Å². The van der Waals surface area contributed by atoms with Gasteiger partial charge in [0, 0.05) is 37.2 Å². The lowest BCUT2D eigenvalue weighted by molar-refractivity contribution is -0.386. The van der Waals surface area contributed by atoms with Crippen molar-refractivity contribution in [1.82, 2.24) is 10.3 Å². The molecule has 8 nitrogen and oxygen atoms in total. The molecule has 1 aromatic rings. The van der Waals surface area contributed by atoms with Crippen molar-refractivity contribution in [2.45, 2.75) is 32.7 Å². The summed E-state index contributed by atoms with van der Waals surface area (Å²) < 4.78 is 11.0. The number of ether oxygens (including phenoxy) is 2. The third kappa shape index (κ3) is 3.46. The van der Waals surface area contributed by atoms with E-state index in [0.717, 1.165) is 43.8 Å². The van der Waals surface area contributed by atoms with E-state index in [-0.39, 0.29) is 23.4 Å². The van der Waals surface area contributed by atoms with Crippen LogP contribution in [0, 0.1) is 16.0 Å². The van der Waals surface area contributed by atoms with Gasteiger partial charge in [0.15, 0.2) is 5.75 Å². The Bertz CT molecular complexity index is 707. The Morgan fingerprint density at radius 2 is 2.23 bits per heavy atom. The number of benzene rings is 1. The number of nitrogens with zero attached hydrogens (tertiary/aromatic N) is 3. The highest BCUT2D eigenvalue weighted by Crippen LogP contribution is 2.42. The van der Waals surface area contributed by atoms with E-state index in [9.17, 15) is 10.1 Å². The molecule has 0 aromatic heterocycles. The topological polar surface area (TPSA) is 89.2 Å². The molecule has 142 valence electrons. The molecule has 0 saturated carbocycles. The number of likely N-dealkylation sites (tertiary alicyclic amines) is 1. The minimum Gasteiger partial charge on any atom is -0.493 e. The molecule has 8 heteroatoms. The summed E-state index contributed by atoms with van der Waals surface area (Å²) >= 11 is 0. The number of hydrazone groups is 1. The van der Waals surface area contributed by atoms with E-state index < -0.39 is 4.92 Å². The van der Waals surface area contributed by atoms with Crippen molar-refractivity contribution in [3.8, 4) is 11.5 Å². The zero-order valence-electron chi connectivity index (χ0n) is 15.5. The Hall–Kier alpha value is -2.35. The van der Waals surface area contributed by atoms with Gasteiger partial charge in [-0.05, 0) is 24.6 Å². The van der Waals surface area contributed by atoms with Crippen LogP contribution in [-0.4, -0.2) is 48.9 Å². The fourth-order valence-electron chi connectivity index (χ4n) is 3.63. The van der Waals surface area contributed by atoms with Crippen LogP contribution in [0.25, 0.3) is 0 Å². The number of rotatable bonds is 7. The molecule has 0 aliphatic carbocycles. The van der Waals surface area contributed by atoms with Crippen LogP contribution in [0.1, 0.15) is 38.3 Å². The van der Waals surface area contributed by atoms with Gasteiger partial charge in [-0.25, -0.2) is 0 Å². The molecule has 0 bridgehead atoms. The highest BCUT2D eigenvalue weighted by Gasteiger charge is 2.38. The highest BCUT2D eigenvalue weighted by atomic mass is 16.6. The number of fused-ring (bicyclic) bond motifs is 1. The summed E-state index contributed by atoms with van der Waals surface area (Å²) in [6.07, 6.45) is 1.69. The summed E-state index contributed by atoms with van der Waals surface area (Å²) in [5, 5.41) is 16.1. The Morgan fingerprint density at radius 3 is 2.88 bits per heavy atom. The highest BCUT2D eigenvalue weighted by molar-refractivity contribution is 5.90. The SMILES string of the molecule is CCCOc1c(OC)cc(C2NN=C3CCN(CC)CC32)cc1[N+](=O)[O-]. The average molecular weight is 362 g/mol. The molecule has 26 heavy (non-hydrogen) atoms. The van der Waals surface area contributed by atoms with Crippen molar-refractivity contribution in [2.75, 3.05) is 33.4 Å². The van der Waals surface area contributed by atoms with Crippen molar-refractivity contribution < 1.29 is 14.4 Å². The molecule has 2 atom stereocenters. The Balaban J connectivity index is 1.95. The van der Waals surface area contributed by atoms with Gasteiger partial charge in [0.05, 0.1) is 24.7 Å². The lowest BCUT2D eigenvalue weighted by Crippen LogP contribution is -2.41. The first-order chi connectivity index (χ1) is 12.6. The second-order valence-corrected chi connectivity index (χ2v) is 6.64. The molecule has 1 fully saturated rings. The fourth-order valence-corrected chi connectivity index (χ4v) is 3.63. The number of nitro benzene ring substituents is 1. The second-order valence-electron chi connectivity index (χ2n) is 6.64. The van der Waals surface area contributed by atoms with E-state index >= 15 is 0 Å². The number of hydrogen-bond donors (Lipinski definition) is 1. The zero-order valence-corrected chi connectivity index (χ0v) is 15.5. The summed E-state index contributed by atoms with van der Waals surface area (Å²) in [6.45, 7) is 7.40. The minimum absolute atomic E-state index is 0.0637. The number of nitrogens with one attached hydrogen (secondary N) is 1. The van der Waals surface area contributed by atoms with Crippen molar-refractivity contribution in [1.29, 1.82) is 0 Å². The van der Waals surface area contributed by atoms with Crippen LogP contribution in [0.4, 0.5) is 5.69 Å². The predicted molar refractivity (Wildman–Crippen MR) is 99.0 cm³/mol. The molecule has 1 saturated heterocycles. The third-order valence-corrected chi connectivity index (χ3v) is 5.05. The summed E-state index contributed by atoms with van der Waals surface area (Å²) in [6, 6.07) is 3.33. The van der Waals surface area contributed by atoms with Gasteiger partial charge in [0.2, 0.25) is 5.75 Å². The second kappa shape index (κ2) is 7.90. The lowest BCUT2D eigenvalue weighted by atomic mass is 9.86. The van der Waals surface area contributed by atoms with Crippen molar-refractivity contribution in [2.24, 2.45) is 11.0 Å². The minimum atomic E-state index is -0.410. The molecule has 2 aliphatic rings. The Labute approximate surface area is 153 Å². The number of hydrogen-bond acceptors (Lipinski definition) is 7. The van der Waals surface area contributed by atoms with Crippen LogP contribution in [-0.2, 0) is 0 Å². The maximum absolute atomic E-state index is 11.6. The van der Waals surface area contributed by atoms with Crippen LogP contribution in [0.2, 0.25) is 0 Å². The van der Waals surface area contributed by atoms with E-state index in [4.69, 9.17) is 9.47 Å². The molecule has 1 aromatic carbocycles. The van der Waals surface area contributed by atoms with Gasteiger partial charge in [0.25, 0.3) is 0 Å². The fraction of sp³-hybridized carbons (Fsp3) is 0.611. The molecule has 0 radical (unpaired) electrons. The molecule has 0 spiro atoms. The number of nitro groups is 1. The van der Waals surface area contributed by atoms with Gasteiger partial charge in [-0.15, -0.1) is 0 Å². The first-order valence-corrected chi connectivity index (χ1v) is 9.12. The van der Waals surface area contributed by atoms with Crippen molar-refractivity contribution in [3.05, 3.63) is 27.8 Å². The molecule has 3 rings (SSSR count). The first kappa shape index (κ1) is 18.4. The van der Waals surface area contributed by atoms with Crippen LogP contribution in [0.5, 0.6) is 11.5 Å². The van der Waals surface area contributed by atoms with Gasteiger partial charge < -0.3 is 19.8 Å². The first-order valence-electron chi connectivity index (χ1n) is 9.12. The standard InChI is InChI=1S/C18H26N4O4/c1-4-8-26-18-15(22(23)24)9-12(10-16(18)25-3)17-13-11-21(5-2)7-6-14(13)19-20-17/h9-10,13,17,20H,4-8,11H2,1-3H3. The largest absolute Gasteiger partial charge is 0.493 e. The van der Waals surface area contributed by atoms with Crippen molar-refractivity contribution >= 4 is 11.4 Å². The molecular weight excluding hydrogens is 336 g/mol. The monoisotopic (exact) mass is 362 g/mol. The maximum Gasteiger partial charge on any atom is 0.315 e. The molecule has 0 amide bonds. The van der Waals surface area contributed by atoms with E-state index in [0.29, 0.717) is 12.4 Å².